The van der Waals surface area contributed by atoms with Gasteiger partial charge in [0.15, 0.2) is 0 Å². The van der Waals surface area contributed by atoms with Gasteiger partial charge >= 0.3 is 0 Å². The van der Waals surface area contributed by atoms with Crippen LogP contribution in [0, 0.1) is 13.8 Å². The van der Waals surface area contributed by atoms with Crippen LogP contribution in [-0.2, 0) is 20.2 Å². The fourth-order valence-corrected chi connectivity index (χ4v) is 1.07. The minimum atomic E-state index is -3.83. The molecule has 0 heterocycles. The summed E-state index contributed by atoms with van der Waals surface area (Å²) in [5.41, 5.74) is 2.64. The van der Waals surface area contributed by atoms with Gasteiger partial charge in [-0.05, 0) is 13.8 Å². The van der Waals surface area contributed by atoms with E-state index in [1.54, 1.807) is 0 Å². The smallest absolute Gasteiger partial charge is 0.263 e. The molecule has 0 radical (unpaired) electrons. The zero-order chi connectivity index (χ0) is 14.7. The molecule has 0 aliphatic rings. The van der Waals surface area contributed by atoms with E-state index in [-0.39, 0.29) is 0 Å². The fraction of sp³-hybridized carbons (Fsp3) is 0.143. The lowest BCUT2D eigenvalue weighted by Crippen LogP contribution is -1.86. The van der Waals surface area contributed by atoms with Gasteiger partial charge in [0.25, 0.3) is 9.05 Å². The molecule has 0 spiro atoms. The summed E-state index contributed by atoms with van der Waals surface area (Å²) in [5, 5.41) is 0. The van der Waals surface area contributed by atoms with Crippen molar-refractivity contribution >= 4 is 20.2 Å². The Labute approximate surface area is 119 Å². The van der Waals surface area contributed by atoms with Crippen molar-refractivity contribution in [2.45, 2.75) is 13.8 Å². The van der Waals surface area contributed by atoms with Crippen LogP contribution in [0.2, 0.25) is 0 Å². The van der Waals surface area contributed by atoms with E-state index in [1.807, 2.05) is 36.4 Å². The molecule has 0 aliphatic carbocycles. The van der Waals surface area contributed by atoms with Crippen LogP contribution in [0.4, 0.5) is 0 Å². The first-order valence-corrected chi connectivity index (χ1v) is 7.92. The lowest BCUT2D eigenvalue weighted by atomic mass is 10.2. The standard InChI is InChI=1S/2C7H8.H2O3S2/c2*1-7-5-3-2-4-6-7;1-5(2,3)4/h2*2-6H,1H3;(H2,1,2,3,4). The van der Waals surface area contributed by atoms with Crippen molar-refractivity contribution in [2.24, 2.45) is 0 Å². The molecular weight excluding hydrogens is 280 g/mol. The van der Waals surface area contributed by atoms with Crippen LogP contribution in [0.15, 0.2) is 60.7 Å². The molecule has 0 saturated carbocycles. The molecule has 5 heteroatoms. The number of hydrogen-bond acceptors (Lipinski definition) is 2. The molecule has 104 valence electrons. The minimum Gasteiger partial charge on any atom is -0.285 e. The molecule has 0 aromatic heterocycles. The quantitative estimate of drug-likeness (QED) is 0.779. The van der Waals surface area contributed by atoms with E-state index in [9.17, 15) is 0 Å². The largest absolute Gasteiger partial charge is 0.285 e. The Morgan fingerprint density at radius 1 is 0.789 bits per heavy atom. The summed E-state index contributed by atoms with van der Waals surface area (Å²) in [6.45, 7) is 4.17. The van der Waals surface area contributed by atoms with E-state index in [2.05, 4.69) is 49.3 Å². The maximum absolute atomic E-state index is 9.11. The Hall–Kier alpha value is -1.27. The molecule has 0 amide bonds. The third kappa shape index (κ3) is 16.7. The predicted molar refractivity (Wildman–Crippen MR) is 83.1 cm³/mol. The van der Waals surface area contributed by atoms with Gasteiger partial charge in [-0.3, -0.25) is 9.11 Å². The molecule has 0 aliphatic heterocycles. The second kappa shape index (κ2) is 9.63. The van der Waals surface area contributed by atoms with Gasteiger partial charge in [-0.1, -0.05) is 71.8 Å². The molecule has 19 heavy (non-hydrogen) atoms. The zero-order valence-electron chi connectivity index (χ0n) is 10.9. The molecule has 0 fully saturated rings. The highest BCUT2D eigenvalue weighted by atomic mass is 32.9. The van der Waals surface area contributed by atoms with Crippen molar-refractivity contribution in [3.63, 3.8) is 0 Å². The summed E-state index contributed by atoms with van der Waals surface area (Å²) < 4.78 is 24.0. The van der Waals surface area contributed by atoms with Crippen LogP contribution in [0.5, 0.6) is 0 Å². The van der Waals surface area contributed by atoms with Crippen LogP contribution in [-0.4, -0.2) is 13.3 Å². The van der Waals surface area contributed by atoms with Crippen molar-refractivity contribution < 1.29 is 13.3 Å². The molecule has 0 saturated heterocycles. The van der Waals surface area contributed by atoms with Crippen molar-refractivity contribution in [3.8, 4) is 0 Å². The summed E-state index contributed by atoms with van der Waals surface area (Å²) in [6, 6.07) is 20.5. The van der Waals surface area contributed by atoms with Crippen molar-refractivity contribution in [1.29, 1.82) is 0 Å². The Bertz CT molecular complexity index is 492. The molecule has 2 rings (SSSR count). The van der Waals surface area contributed by atoms with E-state index in [0.29, 0.717) is 0 Å². The Balaban J connectivity index is 0.000000261. The first-order valence-electron chi connectivity index (χ1n) is 5.52. The van der Waals surface area contributed by atoms with Gasteiger partial charge in [0.1, 0.15) is 0 Å². The first kappa shape index (κ1) is 17.7. The van der Waals surface area contributed by atoms with Gasteiger partial charge in [-0.25, -0.2) is 0 Å². The van der Waals surface area contributed by atoms with Gasteiger partial charge in [0.2, 0.25) is 0 Å². The van der Waals surface area contributed by atoms with Crippen LogP contribution in [0.3, 0.4) is 0 Å². The number of rotatable bonds is 0. The van der Waals surface area contributed by atoms with Crippen molar-refractivity contribution in [2.75, 3.05) is 0 Å². The summed E-state index contributed by atoms with van der Waals surface area (Å²) >= 11 is 3.47. The maximum Gasteiger partial charge on any atom is 0.263 e. The Kier molecular flexibility index (Phi) is 8.99. The zero-order valence-corrected chi connectivity index (χ0v) is 12.5. The number of hydrogen-bond donors (Lipinski definition) is 2. The second-order valence-electron chi connectivity index (χ2n) is 3.76. The van der Waals surface area contributed by atoms with E-state index in [0.717, 1.165) is 0 Å². The predicted octanol–water partition coefficient (Wildman–Crippen LogP) is 3.67. The fourth-order valence-electron chi connectivity index (χ4n) is 1.07. The third-order valence-electron chi connectivity index (χ3n) is 1.88. The Morgan fingerprint density at radius 2 is 1.00 bits per heavy atom. The summed E-state index contributed by atoms with van der Waals surface area (Å²) in [6.07, 6.45) is 0. The molecule has 3 nitrogen and oxygen atoms in total. The average Bonchev–Trinajstić information content (AvgIpc) is 2.29. The van der Waals surface area contributed by atoms with Gasteiger partial charge in [0, 0.05) is 11.2 Å². The van der Waals surface area contributed by atoms with Crippen molar-refractivity contribution in [1.82, 2.24) is 0 Å². The van der Waals surface area contributed by atoms with E-state index in [1.165, 1.54) is 11.1 Å². The molecule has 2 aromatic rings. The van der Waals surface area contributed by atoms with Gasteiger partial charge in [-0.2, -0.15) is 4.21 Å². The summed E-state index contributed by atoms with van der Waals surface area (Å²) in [4.78, 5) is 0. The highest BCUT2D eigenvalue weighted by molar-refractivity contribution is 8.26. The monoisotopic (exact) mass is 298 g/mol. The van der Waals surface area contributed by atoms with Crippen LogP contribution in [0.1, 0.15) is 11.1 Å². The Morgan fingerprint density at radius 3 is 1.11 bits per heavy atom. The first-order chi connectivity index (χ1) is 8.79. The van der Waals surface area contributed by atoms with Crippen molar-refractivity contribution in [3.05, 3.63) is 71.8 Å². The normalized spacial score (nSPS) is 9.47. The summed E-state index contributed by atoms with van der Waals surface area (Å²) in [7, 11) is -3.83. The highest BCUT2D eigenvalue weighted by Crippen LogP contribution is 1.92. The van der Waals surface area contributed by atoms with Crippen LogP contribution >= 0.6 is 0 Å². The molecule has 0 atom stereocenters. The average molecular weight is 298 g/mol. The van der Waals surface area contributed by atoms with Gasteiger partial charge in [0.05, 0.1) is 0 Å². The lowest BCUT2D eigenvalue weighted by Gasteiger charge is -1.82. The second-order valence-corrected chi connectivity index (χ2v) is 5.96. The lowest BCUT2D eigenvalue weighted by molar-refractivity contribution is 0.450. The van der Waals surface area contributed by atoms with Crippen LogP contribution < -0.4 is 0 Å². The molecule has 2 N–H and O–H groups in total. The third-order valence-corrected chi connectivity index (χ3v) is 1.88. The maximum atomic E-state index is 9.11. The van der Waals surface area contributed by atoms with E-state index < -0.39 is 9.05 Å². The van der Waals surface area contributed by atoms with E-state index in [4.69, 9.17) is 13.3 Å². The number of benzene rings is 2. The topological polar surface area (TPSA) is 57.5 Å². The molecule has 2 aromatic carbocycles. The van der Waals surface area contributed by atoms with Gasteiger partial charge < -0.3 is 0 Å². The molecule has 0 bridgehead atoms. The van der Waals surface area contributed by atoms with Crippen LogP contribution in [0.25, 0.3) is 0 Å². The minimum absolute atomic E-state index is 1.32. The summed E-state index contributed by atoms with van der Waals surface area (Å²) in [5.74, 6) is 0. The van der Waals surface area contributed by atoms with Gasteiger partial charge in [-0.15, -0.1) is 0 Å². The molecular formula is C14H18O3S2. The van der Waals surface area contributed by atoms with E-state index >= 15 is 0 Å². The SMILES string of the molecule is Cc1ccccc1.Cc1ccccc1.O=S(O)(O)=S. The number of aryl methyl sites for hydroxylation is 2. The highest BCUT2D eigenvalue weighted by Gasteiger charge is 1.78. The molecule has 0 unspecified atom stereocenters.